The molecule has 1 amide bonds. The highest BCUT2D eigenvalue weighted by molar-refractivity contribution is 5.90. The Morgan fingerprint density at radius 2 is 2.04 bits per heavy atom. The first kappa shape index (κ1) is 18.4. The second kappa shape index (κ2) is 8.33. The van der Waals surface area contributed by atoms with Gasteiger partial charge in [-0.05, 0) is 37.8 Å². The Morgan fingerprint density at radius 3 is 2.69 bits per heavy atom. The van der Waals surface area contributed by atoms with Crippen molar-refractivity contribution in [2.75, 3.05) is 6.61 Å². The van der Waals surface area contributed by atoms with Crippen LogP contribution in [-0.4, -0.2) is 47.2 Å². The number of rotatable bonds is 5. The number of amides is 1. The molecule has 7 heteroatoms. The van der Waals surface area contributed by atoms with Gasteiger partial charge in [-0.1, -0.05) is 30.3 Å². The largest absolute Gasteiger partial charge is 0.478 e. The molecule has 7 nitrogen and oxygen atoms in total. The maximum absolute atomic E-state index is 12.6. The second-order valence-electron chi connectivity index (χ2n) is 6.37. The maximum Gasteiger partial charge on any atom is 0.412 e. The summed E-state index contributed by atoms with van der Waals surface area (Å²) in [5.41, 5.74) is 0.967. The van der Waals surface area contributed by atoms with E-state index in [1.165, 1.54) is 11.0 Å². The molecule has 0 bridgehead atoms. The second-order valence-corrected chi connectivity index (χ2v) is 6.37. The SMILES string of the molecule is CC1C(C(=O)O)=CC(OC2CCCCO2)N1C(=O)OCc1ccccc1. The van der Waals surface area contributed by atoms with Gasteiger partial charge in [-0.25, -0.2) is 9.59 Å². The Balaban J connectivity index is 1.68. The summed E-state index contributed by atoms with van der Waals surface area (Å²) in [6.07, 6.45) is 2.23. The lowest BCUT2D eigenvalue weighted by molar-refractivity contribution is -0.201. The lowest BCUT2D eigenvalue weighted by atomic mass is 10.1. The van der Waals surface area contributed by atoms with Gasteiger partial charge in [-0.3, -0.25) is 4.90 Å². The summed E-state index contributed by atoms with van der Waals surface area (Å²) in [5.74, 6) is -1.07. The highest BCUT2D eigenvalue weighted by Crippen LogP contribution is 2.28. The molecule has 1 aromatic carbocycles. The van der Waals surface area contributed by atoms with Crippen LogP contribution >= 0.6 is 0 Å². The van der Waals surface area contributed by atoms with Crippen LogP contribution < -0.4 is 0 Å². The van der Waals surface area contributed by atoms with Gasteiger partial charge in [0.25, 0.3) is 0 Å². The van der Waals surface area contributed by atoms with E-state index in [-0.39, 0.29) is 12.2 Å². The summed E-state index contributed by atoms with van der Waals surface area (Å²) in [4.78, 5) is 25.4. The number of ether oxygens (including phenoxy) is 3. The number of hydrogen-bond donors (Lipinski definition) is 1. The lowest BCUT2D eigenvalue weighted by Gasteiger charge is -2.32. The van der Waals surface area contributed by atoms with Gasteiger partial charge in [0.15, 0.2) is 12.5 Å². The number of nitrogens with zero attached hydrogens (tertiary/aromatic N) is 1. The summed E-state index contributed by atoms with van der Waals surface area (Å²) < 4.78 is 16.8. The van der Waals surface area contributed by atoms with Crippen LogP contribution in [0, 0.1) is 0 Å². The smallest absolute Gasteiger partial charge is 0.412 e. The Hall–Kier alpha value is -2.38. The van der Waals surface area contributed by atoms with E-state index in [0.29, 0.717) is 13.0 Å². The Labute approximate surface area is 152 Å². The average Bonchev–Trinajstić information content (AvgIpc) is 2.98. The molecule has 0 spiro atoms. The Bertz CT molecular complexity index is 668. The van der Waals surface area contributed by atoms with Crippen molar-refractivity contribution in [3.8, 4) is 0 Å². The van der Waals surface area contributed by atoms with Gasteiger partial charge in [0.2, 0.25) is 0 Å². The number of carboxylic acid groups (broad SMARTS) is 1. The van der Waals surface area contributed by atoms with Crippen molar-refractivity contribution in [2.24, 2.45) is 0 Å². The van der Waals surface area contributed by atoms with Crippen molar-refractivity contribution in [1.29, 1.82) is 0 Å². The molecular formula is C19H23NO6. The third-order valence-electron chi connectivity index (χ3n) is 4.56. The third kappa shape index (κ3) is 4.23. The van der Waals surface area contributed by atoms with Gasteiger partial charge in [0, 0.05) is 6.61 Å². The zero-order valence-electron chi connectivity index (χ0n) is 14.7. The molecular weight excluding hydrogens is 338 g/mol. The molecule has 0 aliphatic carbocycles. The van der Waals surface area contributed by atoms with Crippen LogP contribution in [0.25, 0.3) is 0 Å². The summed E-state index contributed by atoms with van der Waals surface area (Å²) in [6, 6.07) is 8.65. The molecule has 140 valence electrons. The molecule has 3 unspecified atom stereocenters. The van der Waals surface area contributed by atoms with E-state index >= 15 is 0 Å². The highest BCUT2D eigenvalue weighted by atomic mass is 16.7. The summed E-state index contributed by atoms with van der Waals surface area (Å²) in [7, 11) is 0. The molecule has 3 rings (SSSR count). The fraction of sp³-hybridized carbons (Fsp3) is 0.474. The Morgan fingerprint density at radius 1 is 1.27 bits per heavy atom. The number of carboxylic acids is 1. The van der Waals surface area contributed by atoms with E-state index in [2.05, 4.69) is 0 Å². The summed E-state index contributed by atoms with van der Waals surface area (Å²) in [5, 5.41) is 9.38. The predicted octanol–water partition coefficient (Wildman–Crippen LogP) is 2.91. The van der Waals surface area contributed by atoms with Crippen molar-refractivity contribution in [3.05, 3.63) is 47.5 Å². The van der Waals surface area contributed by atoms with Crippen molar-refractivity contribution >= 4 is 12.1 Å². The van der Waals surface area contributed by atoms with Crippen molar-refractivity contribution < 1.29 is 28.9 Å². The minimum absolute atomic E-state index is 0.109. The third-order valence-corrected chi connectivity index (χ3v) is 4.56. The molecule has 2 aliphatic rings. The van der Waals surface area contributed by atoms with Crippen LogP contribution in [0.15, 0.2) is 42.0 Å². The number of benzene rings is 1. The van der Waals surface area contributed by atoms with E-state index in [1.807, 2.05) is 30.3 Å². The molecule has 1 saturated heterocycles. The van der Waals surface area contributed by atoms with E-state index in [1.54, 1.807) is 6.92 Å². The molecule has 1 N–H and O–H groups in total. The minimum Gasteiger partial charge on any atom is -0.478 e. The molecule has 2 aliphatic heterocycles. The van der Waals surface area contributed by atoms with E-state index < -0.39 is 30.6 Å². The molecule has 0 saturated carbocycles. The van der Waals surface area contributed by atoms with Gasteiger partial charge < -0.3 is 19.3 Å². The molecule has 2 heterocycles. The zero-order chi connectivity index (χ0) is 18.5. The van der Waals surface area contributed by atoms with Crippen molar-refractivity contribution in [2.45, 2.75) is 51.4 Å². The molecule has 0 aromatic heterocycles. The first-order valence-electron chi connectivity index (χ1n) is 8.77. The van der Waals surface area contributed by atoms with E-state index in [9.17, 15) is 14.7 Å². The van der Waals surface area contributed by atoms with Crippen LogP contribution in [-0.2, 0) is 25.6 Å². The predicted molar refractivity (Wildman–Crippen MR) is 92.1 cm³/mol. The van der Waals surface area contributed by atoms with Gasteiger partial charge in [-0.15, -0.1) is 0 Å². The monoisotopic (exact) mass is 361 g/mol. The highest BCUT2D eigenvalue weighted by Gasteiger charge is 2.41. The van der Waals surface area contributed by atoms with Crippen LogP contribution in [0.2, 0.25) is 0 Å². The average molecular weight is 361 g/mol. The first-order valence-corrected chi connectivity index (χ1v) is 8.77. The fourth-order valence-corrected chi connectivity index (χ4v) is 3.13. The topological polar surface area (TPSA) is 85.3 Å². The quantitative estimate of drug-likeness (QED) is 0.868. The zero-order valence-corrected chi connectivity index (χ0v) is 14.7. The van der Waals surface area contributed by atoms with E-state index in [0.717, 1.165) is 18.4 Å². The van der Waals surface area contributed by atoms with E-state index in [4.69, 9.17) is 14.2 Å². The van der Waals surface area contributed by atoms with Crippen LogP contribution in [0.3, 0.4) is 0 Å². The lowest BCUT2D eigenvalue weighted by Crippen LogP contribution is -2.45. The summed E-state index contributed by atoms with van der Waals surface area (Å²) in [6.45, 7) is 2.35. The van der Waals surface area contributed by atoms with Crippen LogP contribution in [0.4, 0.5) is 4.79 Å². The van der Waals surface area contributed by atoms with Crippen molar-refractivity contribution in [1.82, 2.24) is 4.90 Å². The maximum atomic E-state index is 12.6. The number of aliphatic carboxylic acids is 1. The van der Waals surface area contributed by atoms with Gasteiger partial charge in [0.05, 0.1) is 11.6 Å². The number of carbonyl (C=O) groups excluding carboxylic acids is 1. The van der Waals surface area contributed by atoms with Crippen LogP contribution in [0.5, 0.6) is 0 Å². The number of carbonyl (C=O) groups is 2. The Kier molecular flexibility index (Phi) is 5.90. The first-order chi connectivity index (χ1) is 12.6. The molecule has 1 aromatic rings. The standard InChI is InChI=1S/C19H23NO6/c1-13-15(18(21)22)11-16(26-17-9-5-6-10-24-17)20(13)19(23)25-12-14-7-3-2-4-8-14/h2-4,7-8,11,13,16-17H,5-6,9-10,12H2,1H3,(H,21,22). The normalized spacial score (nSPS) is 25.7. The molecule has 26 heavy (non-hydrogen) atoms. The fourth-order valence-electron chi connectivity index (χ4n) is 3.13. The molecule has 3 atom stereocenters. The summed E-state index contributed by atoms with van der Waals surface area (Å²) >= 11 is 0. The van der Waals surface area contributed by atoms with Crippen molar-refractivity contribution in [3.63, 3.8) is 0 Å². The molecule has 1 fully saturated rings. The van der Waals surface area contributed by atoms with Gasteiger partial charge in [0.1, 0.15) is 6.61 Å². The van der Waals surface area contributed by atoms with Gasteiger partial charge >= 0.3 is 12.1 Å². The molecule has 0 radical (unpaired) electrons. The van der Waals surface area contributed by atoms with Crippen LogP contribution in [0.1, 0.15) is 31.7 Å². The number of hydrogen-bond acceptors (Lipinski definition) is 5. The minimum atomic E-state index is -1.07. The van der Waals surface area contributed by atoms with Gasteiger partial charge in [-0.2, -0.15) is 0 Å².